The van der Waals surface area contributed by atoms with E-state index in [2.05, 4.69) is 0 Å². The molecule has 1 heterocycles. The highest BCUT2D eigenvalue weighted by Crippen LogP contribution is 2.43. The molecule has 1 aliphatic heterocycles. The zero-order chi connectivity index (χ0) is 22.4. The molecule has 0 saturated carbocycles. The number of methoxy groups -OCH3 is 3. The second kappa shape index (κ2) is 10.1. The maximum absolute atomic E-state index is 13.1. The lowest BCUT2D eigenvalue weighted by Gasteiger charge is -2.27. The first-order valence-corrected chi connectivity index (χ1v) is 9.89. The largest absolute Gasteiger partial charge is 0.497 e. The highest BCUT2D eigenvalue weighted by molar-refractivity contribution is 5.91. The predicted molar refractivity (Wildman–Crippen MR) is 111 cm³/mol. The Kier molecular flexibility index (Phi) is 7.23. The van der Waals surface area contributed by atoms with E-state index in [1.54, 1.807) is 43.3 Å². The van der Waals surface area contributed by atoms with E-state index in [9.17, 15) is 9.59 Å². The van der Waals surface area contributed by atoms with E-state index in [1.807, 2.05) is 0 Å². The van der Waals surface area contributed by atoms with E-state index in [0.29, 0.717) is 47.3 Å². The molecule has 31 heavy (non-hydrogen) atoms. The maximum atomic E-state index is 13.1. The van der Waals surface area contributed by atoms with Crippen LogP contribution in [0.3, 0.4) is 0 Å². The van der Waals surface area contributed by atoms with Crippen LogP contribution in [0.5, 0.6) is 23.0 Å². The van der Waals surface area contributed by atoms with Crippen molar-refractivity contribution in [3.05, 3.63) is 47.5 Å². The van der Waals surface area contributed by atoms with Crippen molar-refractivity contribution in [2.45, 2.75) is 18.8 Å². The average molecular weight is 430 g/mol. The molecule has 8 heteroatoms. The monoisotopic (exact) mass is 430 g/mol. The zero-order valence-electron chi connectivity index (χ0n) is 18.0. The Morgan fingerprint density at radius 3 is 2.29 bits per heavy atom. The maximum Gasteiger partial charge on any atom is 0.314 e. The molecule has 2 atom stereocenters. The minimum Gasteiger partial charge on any atom is -0.497 e. The van der Waals surface area contributed by atoms with Gasteiger partial charge in [-0.3, -0.25) is 9.59 Å². The van der Waals surface area contributed by atoms with Gasteiger partial charge in [-0.25, -0.2) is 0 Å². The summed E-state index contributed by atoms with van der Waals surface area (Å²) in [6.45, 7) is 2.71. The molecule has 2 unspecified atom stereocenters. The highest BCUT2D eigenvalue weighted by Gasteiger charge is 2.40. The van der Waals surface area contributed by atoms with Gasteiger partial charge in [0.15, 0.2) is 11.5 Å². The molecule has 0 radical (unpaired) electrons. The summed E-state index contributed by atoms with van der Waals surface area (Å²) in [5, 5.41) is 0. The van der Waals surface area contributed by atoms with E-state index in [0.717, 1.165) is 0 Å². The smallest absolute Gasteiger partial charge is 0.314 e. The van der Waals surface area contributed by atoms with E-state index in [1.165, 1.54) is 21.3 Å². The Balaban J connectivity index is 2.16. The van der Waals surface area contributed by atoms with Gasteiger partial charge in [0.2, 0.25) is 0 Å². The quantitative estimate of drug-likeness (QED) is 0.591. The summed E-state index contributed by atoms with van der Waals surface area (Å²) in [6, 6.07) is 10.2. The van der Waals surface area contributed by atoms with Crippen LogP contribution >= 0.6 is 0 Å². The first kappa shape index (κ1) is 22.3. The number of rotatable bonds is 8. The number of benzene rings is 2. The molecule has 0 amide bonds. The van der Waals surface area contributed by atoms with Gasteiger partial charge in [-0.1, -0.05) is 12.1 Å². The molecule has 166 valence electrons. The number of hydrogen-bond acceptors (Lipinski definition) is 8. The molecular formula is C23H26O8. The van der Waals surface area contributed by atoms with E-state index < -0.39 is 23.8 Å². The van der Waals surface area contributed by atoms with Crippen LogP contribution in [0.4, 0.5) is 0 Å². The van der Waals surface area contributed by atoms with Crippen LogP contribution in [0, 0.1) is 0 Å². The van der Waals surface area contributed by atoms with Gasteiger partial charge in [-0.15, -0.1) is 0 Å². The summed E-state index contributed by atoms with van der Waals surface area (Å²) in [7, 11) is 4.29. The van der Waals surface area contributed by atoms with Crippen LogP contribution in [0.1, 0.15) is 29.9 Å². The van der Waals surface area contributed by atoms with Crippen LogP contribution in [-0.4, -0.2) is 53.1 Å². The van der Waals surface area contributed by atoms with Crippen molar-refractivity contribution in [3.8, 4) is 23.0 Å². The number of fused-ring (bicyclic) bond motifs is 1. The molecule has 1 aliphatic rings. The third-order valence-electron chi connectivity index (χ3n) is 5.03. The molecule has 3 rings (SSSR count). The fourth-order valence-corrected chi connectivity index (χ4v) is 3.59. The van der Waals surface area contributed by atoms with Gasteiger partial charge >= 0.3 is 11.9 Å². The van der Waals surface area contributed by atoms with Crippen molar-refractivity contribution >= 4 is 11.9 Å². The van der Waals surface area contributed by atoms with Gasteiger partial charge in [0, 0.05) is 11.6 Å². The zero-order valence-corrected chi connectivity index (χ0v) is 18.0. The Hall–Kier alpha value is -3.42. The highest BCUT2D eigenvalue weighted by atomic mass is 16.6. The molecule has 0 spiro atoms. The first-order chi connectivity index (χ1) is 15.0. The topological polar surface area (TPSA) is 89.5 Å². The van der Waals surface area contributed by atoms with Gasteiger partial charge in [-0.2, -0.15) is 0 Å². The number of carbonyl (C=O) groups is 2. The van der Waals surface area contributed by atoms with Crippen molar-refractivity contribution in [1.29, 1.82) is 0 Å². The SMILES string of the molecule is CCOC(=O)C(c1ccc2c(c1)OCCO2)C(C(=O)OC)c1ccc(OC)cc1OC. The van der Waals surface area contributed by atoms with Crippen LogP contribution in [0.2, 0.25) is 0 Å². The lowest BCUT2D eigenvalue weighted by atomic mass is 9.80. The molecule has 0 bridgehead atoms. The summed E-state index contributed by atoms with van der Waals surface area (Å²) in [4.78, 5) is 26.1. The molecule has 2 aromatic carbocycles. The van der Waals surface area contributed by atoms with E-state index >= 15 is 0 Å². The van der Waals surface area contributed by atoms with Crippen molar-refractivity contribution < 1.29 is 38.0 Å². The summed E-state index contributed by atoms with van der Waals surface area (Å²) in [5.74, 6) is -1.16. The first-order valence-electron chi connectivity index (χ1n) is 9.89. The van der Waals surface area contributed by atoms with Crippen molar-refractivity contribution in [3.63, 3.8) is 0 Å². The lowest BCUT2D eigenvalue weighted by Crippen LogP contribution is -2.29. The predicted octanol–water partition coefficient (Wildman–Crippen LogP) is 3.08. The van der Waals surface area contributed by atoms with Crippen LogP contribution in [0.15, 0.2) is 36.4 Å². The van der Waals surface area contributed by atoms with Gasteiger partial charge in [0.05, 0.1) is 33.9 Å². The average Bonchev–Trinajstić information content (AvgIpc) is 2.81. The van der Waals surface area contributed by atoms with Crippen molar-refractivity contribution in [1.82, 2.24) is 0 Å². The second-order valence-corrected chi connectivity index (χ2v) is 6.74. The molecular weight excluding hydrogens is 404 g/mol. The third-order valence-corrected chi connectivity index (χ3v) is 5.03. The lowest BCUT2D eigenvalue weighted by molar-refractivity contribution is -0.152. The minimum atomic E-state index is -1.02. The van der Waals surface area contributed by atoms with Gasteiger partial charge in [0.1, 0.15) is 30.6 Å². The minimum absolute atomic E-state index is 0.160. The van der Waals surface area contributed by atoms with Gasteiger partial charge in [-0.05, 0) is 30.7 Å². The Morgan fingerprint density at radius 2 is 1.65 bits per heavy atom. The Bertz CT molecular complexity index is 939. The Labute approximate surface area is 181 Å². The van der Waals surface area contributed by atoms with Crippen molar-refractivity contribution in [2.75, 3.05) is 41.2 Å². The summed E-state index contributed by atoms with van der Waals surface area (Å²) in [5.41, 5.74) is 1.01. The normalized spacial score (nSPS) is 14.2. The molecule has 0 aromatic heterocycles. The molecule has 2 aromatic rings. The van der Waals surface area contributed by atoms with Crippen LogP contribution < -0.4 is 18.9 Å². The van der Waals surface area contributed by atoms with Crippen LogP contribution in [-0.2, 0) is 19.1 Å². The molecule has 0 fully saturated rings. The van der Waals surface area contributed by atoms with E-state index in [-0.39, 0.29) is 6.61 Å². The van der Waals surface area contributed by atoms with Gasteiger partial charge < -0.3 is 28.4 Å². The van der Waals surface area contributed by atoms with Crippen LogP contribution in [0.25, 0.3) is 0 Å². The standard InChI is InChI=1S/C23H26O8/c1-5-29-23(25)20(14-6-9-17-19(12-14)31-11-10-30-17)21(22(24)28-4)16-8-7-15(26-2)13-18(16)27-3/h6-9,12-13,20-21H,5,10-11H2,1-4H3. The fraction of sp³-hybridized carbons (Fsp3) is 0.391. The molecule has 8 nitrogen and oxygen atoms in total. The summed E-state index contributed by atoms with van der Waals surface area (Å²) >= 11 is 0. The number of carbonyl (C=O) groups excluding carboxylic acids is 2. The number of ether oxygens (including phenoxy) is 6. The number of hydrogen-bond donors (Lipinski definition) is 0. The summed E-state index contributed by atoms with van der Waals surface area (Å²) in [6.07, 6.45) is 0. The van der Waals surface area contributed by atoms with E-state index in [4.69, 9.17) is 28.4 Å². The third kappa shape index (κ3) is 4.68. The second-order valence-electron chi connectivity index (χ2n) is 6.74. The Morgan fingerprint density at radius 1 is 0.903 bits per heavy atom. The van der Waals surface area contributed by atoms with Crippen molar-refractivity contribution in [2.24, 2.45) is 0 Å². The number of esters is 2. The molecule has 0 aliphatic carbocycles. The fourth-order valence-electron chi connectivity index (χ4n) is 3.59. The summed E-state index contributed by atoms with van der Waals surface area (Å²) < 4.78 is 32.4. The molecule has 0 N–H and O–H groups in total. The molecule has 0 saturated heterocycles. The van der Waals surface area contributed by atoms with Gasteiger partial charge in [0.25, 0.3) is 0 Å².